The average Bonchev–Trinajstić information content (AvgIpc) is 2.56. The third-order valence-corrected chi connectivity index (χ3v) is 2.66. The van der Waals surface area contributed by atoms with Crippen molar-refractivity contribution in [2.24, 2.45) is 0 Å². The molecule has 0 aliphatic carbocycles. The predicted molar refractivity (Wildman–Crippen MR) is 53.7 cm³/mol. The summed E-state index contributed by atoms with van der Waals surface area (Å²) in [5.41, 5.74) is 0. The summed E-state index contributed by atoms with van der Waals surface area (Å²) < 4.78 is 24.5. The molecule has 1 rings (SSSR count). The molecule has 1 heterocycles. The molecule has 84 valence electrons. The van der Waals surface area contributed by atoms with E-state index in [1.807, 2.05) is 6.92 Å². The van der Waals surface area contributed by atoms with Crippen LogP contribution in [0, 0.1) is 0 Å². The van der Waals surface area contributed by atoms with Crippen LogP contribution in [0.15, 0.2) is 0 Å². The quantitative estimate of drug-likeness (QED) is 0.736. The Balaban J connectivity index is 2.17. The minimum atomic E-state index is -2.27. The summed E-state index contributed by atoms with van der Waals surface area (Å²) >= 11 is 0. The zero-order valence-corrected chi connectivity index (χ0v) is 8.97. The van der Waals surface area contributed by atoms with E-state index in [1.165, 1.54) is 19.8 Å². The lowest BCUT2D eigenvalue weighted by atomic mass is 10.2. The smallest absolute Gasteiger partial charge is 0.253 e. The van der Waals surface area contributed by atoms with Gasteiger partial charge in [-0.25, -0.2) is 8.78 Å². The van der Waals surface area contributed by atoms with Crippen molar-refractivity contribution in [1.29, 1.82) is 0 Å². The van der Waals surface area contributed by atoms with Crippen molar-refractivity contribution in [3.05, 3.63) is 0 Å². The van der Waals surface area contributed by atoms with E-state index in [0.29, 0.717) is 0 Å². The highest BCUT2D eigenvalue weighted by Crippen LogP contribution is 2.08. The maximum Gasteiger partial charge on any atom is 0.253 e. The first-order valence-electron chi connectivity index (χ1n) is 5.36. The average molecular weight is 206 g/mol. The zero-order valence-electron chi connectivity index (χ0n) is 8.97. The number of hydrogen-bond acceptors (Lipinski definition) is 2. The van der Waals surface area contributed by atoms with E-state index in [0.717, 1.165) is 19.6 Å². The topological polar surface area (TPSA) is 15.3 Å². The Morgan fingerprint density at radius 3 is 2.29 bits per heavy atom. The van der Waals surface area contributed by atoms with E-state index in [9.17, 15) is 8.78 Å². The third kappa shape index (κ3) is 3.88. The first kappa shape index (κ1) is 11.9. The Labute approximate surface area is 84.7 Å². The number of nitrogens with one attached hydrogen (secondary N) is 1. The van der Waals surface area contributed by atoms with Crippen molar-refractivity contribution >= 4 is 0 Å². The van der Waals surface area contributed by atoms with Gasteiger partial charge in [-0.05, 0) is 39.8 Å². The highest BCUT2D eigenvalue weighted by Gasteiger charge is 2.19. The normalized spacial score (nSPS) is 22.9. The van der Waals surface area contributed by atoms with E-state index < -0.39 is 12.5 Å². The van der Waals surface area contributed by atoms with Gasteiger partial charge < -0.3 is 10.2 Å². The van der Waals surface area contributed by atoms with Gasteiger partial charge in [-0.2, -0.15) is 0 Å². The molecule has 4 heteroatoms. The summed E-state index contributed by atoms with van der Waals surface area (Å²) in [6.45, 7) is 6.63. The fourth-order valence-corrected chi connectivity index (χ4v) is 1.93. The minimum Gasteiger partial charge on any atom is -0.305 e. The van der Waals surface area contributed by atoms with Gasteiger partial charge in [-0.3, -0.25) is 0 Å². The van der Waals surface area contributed by atoms with E-state index in [4.69, 9.17) is 0 Å². The highest BCUT2D eigenvalue weighted by molar-refractivity contribution is 4.75. The van der Waals surface area contributed by atoms with Crippen LogP contribution in [-0.2, 0) is 0 Å². The van der Waals surface area contributed by atoms with Gasteiger partial charge in [-0.1, -0.05) is 0 Å². The Kier molecular flexibility index (Phi) is 4.75. The van der Waals surface area contributed by atoms with Crippen LogP contribution in [-0.4, -0.2) is 43.0 Å². The summed E-state index contributed by atoms with van der Waals surface area (Å²) in [4.78, 5) is 2.33. The van der Waals surface area contributed by atoms with Crippen LogP contribution < -0.4 is 5.32 Å². The molecule has 0 radical (unpaired) electrons. The van der Waals surface area contributed by atoms with Crippen molar-refractivity contribution in [3.63, 3.8) is 0 Å². The Morgan fingerprint density at radius 1 is 1.21 bits per heavy atom. The number of halogens is 2. The molecule has 1 aliphatic rings. The second-order valence-corrected chi connectivity index (χ2v) is 4.20. The van der Waals surface area contributed by atoms with E-state index in [2.05, 4.69) is 10.2 Å². The predicted octanol–water partition coefficient (Wildman–Crippen LogP) is 1.71. The Hall–Kier alpha value is -0.220. The van der Waals surface area contributed by atoms with Crippen molar-refractivity contribution in [3.8, 4) is 0 Å². The van der Waals surface area contributed by atoms with Crippen LogP contribution in [0.25, 0.3) is 0 Å². The molecule has 1 N–H and O–H groups in total. The fraction of sp³-hybridized carbons (Fsp3) is 1.00. The largest absolute Gasteiger partial charge is 0.305 e. The molecule has 2 atom stereocenters. The van der Waals surface area contributed by atoms with Crippen molar-refractivity contribution in [1.82, 2.24) is 10.2 Å². The molecule has 0 amide bonds. The molecular weight excluding hydrogens is 186 g/mol. The lowest BCUT2D eigenvalue weighted by molar-refractivity contribution is 0.0978. The van der Waals surface area contributed by atoms with Crippen molar-refractivity contribution < 1.29 is 8.78 Å². The van der Waals surface area contributed by atoms with E-state index >= 15 is 0 Å². The lowest BCUT2D eigenvalue weighted by Gasteiger charge is -2.24. The van der Waals surface area contributed by atoms with Crippen LogP contribution >= 0.6 is 0 Å². The SMILES string of the molecule is CC(CN1CCCC1)NC(C)C(F)F. The van der Waals surface area contributed by atoms with Gasteiger partial charge in [0.1, 0.15) is 0 Å². The number of rotatable bonds is 5. The van der Waals surface area contributed by atoms with Gasteiger partial charge >= 0.3 is 0 Å². The molecule has 2 nitrogen and oxygen atoms in total. The van der Waals surface area contributed by atoms with Crippen LogP contribution in [0.5, 0.6) is 0 Å². The van der Waals surface area contributed by atoms with Gasteiger partial charge in [0.15, 0.2) is 0 Å². The summed E-state index contributed by atoms with van der Waals surface area (Å²) in [7, 11) is 0. The molecule has 0 aromatic heterocycles. The minimum absolute atomic E-state index is 0.150. The van der Waals surface area contributed by atoms with E-state index in [1.54, 1.807) is 0 Å². The van der Waals surface area contributed by atoms with Crippen LogP contribution in [0.1, 0.15) is 26.7 Å². The van der Waals surface area contributed by atoms with Crippen molar-refractivity contribution in [2.75, 3.05) is 19.6 Å². The number of likely N-dealkylation sites (tertiary alicyclic amines) is 1. The molecule has 0 aromatic carbocycles. The van der Waals surface area contributed by atoms with Crippen LogP contribution in [0.2, 0.25) is 0 Å². The van der Waals surface area contributed by atoms with E-state index in [-0.39, 0.29) is 6.04 Å². The molecule has 0 saturated carbocycles. The molecule has 0 bridgehead atoms. The Morgan fingerprint density at radius 2 is 1.79 bits per heavy atom. The van der Waals surface area contributed by atoms with Crippen LogP contribution in [0.3, 0.4) is 0 Å². The lowest BCUT2D eigenvalue weighted by Crippen LogP contribution is -2.44. The molecular formula is C10H20F2N2. The summed E-state index contributed by atoms with van der Waals surface area (Å²) in [6.07, 6.45) is 0.227. The Bertz CT molecular complexity index is 154. The molecule has 0 aromatic rings. The molecule has 1 aliphatic heterocycles. The summed E-state index contributed by atoms with van der Waals surface area (Å²) in [5.74, 6) is 0. The van der Waals surface area contributed by atoms with Gasteiger partial charge in [0, 0.05) is 12.6 Å². The summed E-state index contributed by atoms with van der Waals surface area (Å²) in [6, 6.07) is -0.551. The van der Waals surface area contributed by atoms with Gasteiger partial charge in [0.2, 0.25) is 0 Å². The zero-order chi connectivity index (χ0) is 10.6. The number of alkyl halides is 2. The number of hydrogen-bond donors (Lipinski definition) is 1. The standard InChI is InChI=1S/C10H20F2N2/c1-8(13-9(2)10(11)12)7-14-5-3-4-6-14/h8-10,13H,3-7H2,1-2H3. The molecule has 2 unspecified atom stereocenters. The molecule has 1 saturated heterocycles. The molecule has 0 spiro atoms. The second kappa shape index (κ2) is 5.61. The molecule has 14 heavy (non-hydrogen) atoms. The summed E-state index contributed by atoms with van der Waals surface area (Å²) in [5, 5.41) is 2.91. The maximum absolute atomic E-state index is 12.2. The fourth-order valence-electron chi connectivity index (χ4n) is 1.93. The number of nitrogens with zero attached hydrogens (tertiary/aromatic N) is 1. The first-order valence-corrected chi connectivity index (χ1v) is 5.36. The third-order valence-electron chi connectivity index (χ3n) is 2.66. The maximum atomic E-state index is 12.2. The molecule has 1 fully saturated rings. The first-order chi connectivity index (χ1) is 6.59. The monoisotopic (exact) mass is 206 g/mol. The van der Waals surface area contributed by atoms with Crippen LogP contribution in [0.4, 0.5) is 8.78 Å². The second-order valence-electron chi connectivity index (χ2n) is 4.20. The van der Waals surface area contributed by atoms with Gasteiger partial charge in [0.25, 0.3) is 6.43 Å². The van der Waals surface area contributed by atoms with Gasteiger partial charge in [0.05, 0.1) is 6.04 Å². The van der Waals surface area contributed by atoms with Crippen molar-refractivity contribution in [2.45, 2.75) is 45.2 Å². The van der Waals surface area contributed by atoms with Gasteiger partial charge in [-0.15, -0.1) is 0 Å². The highest BCUT2D eigenvalue weighted by atomic mass is 19.3.